The van der Waals surface area contributed by atoms with Crippen LogP contribution in [0.5, 0.6) is 5.75 Å². The number of hydrogen-bond acceptors (Lipinski definition) is 3. The van der Waals surface area contributed by atoms with Crippen LogP contribution in [0.4, 0.5) is 5.69 Å². The largest absolute Gasteiger partial charge is 0.497 e. The van der Waals surface area contributed by atoms with Crippen LogP contribution in [0, 0.1) is 5.92 Å². The molecule has 1 saturated heterocycles. The van der Waals surface area contributed by atoms with Crippen LogP contribution in [0.1, 0.15) is 38.5 Å². The van der Waals surface area contributed by atoms with Gasteiger partial charge in [-0.1, -0.05) is 18.9 Å². The van der Waals surface area contributed by atoms with E-state index in [0.717, 1.165) is 37.3 Å². The van der Waals surface area contributed by atoms with Gasteiger partial charge in [0.15, 0.2) is 5.96 Å². The number of nitrogens with zero attached hydrogens (tertiary/aromatic N) is 2. The lowest BCUT2D eigenvalue weighted by atomic mass is 10.0. The summed E-state index contributed by atoms with van der Waals surface area (Å²) in [6.45, 7) is 3.11. The molecule has 1 unspecified atom stereocenters. The normalized spacial score (nSPS) is 21.1. The Hall–Kier alpha value is -1.91. The van der Waals surface area contributed by atoms with E-state index < -0.39 is 0 Å². The van der Waals surface area contributed by atoms with Gasteiger partial charge in [-0.15, -0.1) is 0 Å². The van der Waals surface area contributed by atoms with E-state index in [0.29, 0.717) is 6.04 Å². The van der Waals surface area contributed by atoms with E-state index in [1.54, 1.807) is 7.11 Å². The lowest BCUT2D eigenvalue weighted by Gasteiger charge is -2.35. The van der Waals surface area contributed by atoms with Crippen molar-refractivity contribution in [3.63, 3.8) is 0 Å². The summed E-state index contributed by atoms with van der Waals surface area (Å²) < 4.78 is 5.36. The SMILES string of the molecule is CN=C(NCCCC1CC1)NC1CCCN(c2cccc(OC)c2)C1. The van der Waals surface area contributed by atoms with Crippen LogP contribution in [0.15, 0.2) is 29.3 Å². The van der Waals surface area contributed by atoms with Gasteiger partial charge >= 0.3 is 0 Å². The van der Waals surface area contributed by atoms with Crippen LogP contribution in [-0.2, 0) is 0 Å². The van der Waals surface area contributed by atoms with Crippen LogP contribution in [0.25, 0.3) is 0 Å². The fourth-order valence-electron chi connectivity index (χ4n) is 3.53. The molecule has 5 nitrogen and oxygen atoms in total. The second kappa shape index (κ2) is 8.97. The average molecular weight is 345 g/mol. The van der Waals surface area contributed by atoms with E-state index in [-0.39, 0.29) is 0 Å². The second-order valence-corrected chi connectivity index (χ2v) is 7.22. The Balaban J connectivity index is 1.47. The fourth-order valence-corrected chi connectivity index (χ4v) is 3.53. The van der Waals surface area contributed by atoms with Crippen molar-refractivity contribution in [3.8, 4) is 5.75 Å². The zero-order chi connectivity index (χ0) is 17.5. The summed E-state index contributed by atoms with van der Waals surface area (Å²) in [5, 5.41) is 7.08. The molecule has 0 spiro atoms. The van der Waals surface area contributed by atoms with Crippen LogP contribution >= 0.6 is 0 Å². The third kappa shape index (κ3) is 5.55. The lowest BCUT2D eigenvalue weighted by molar-refractivity contribution is 0.414. The molecule has 25 heavy (non-hydrogen) atoms. The quantitative estimate of drug-likeness (QED) is 0.453. The van der Waals surface area contributed by atoms with Crippen molar-refractivity contribution in [2.24, 2.45) is 10.9 Å². The van der Waals surface area contributed by atoms with Gasteiger partial charge in [-0.3, -0.25) is 4.99 Å². The number of nitrogens with one attached hydrogen (secondary N) is 2. The van der Waals surface area contributed by atoms with Gasteiger partial charge in [0.2, 0.25) is 0 Å². The van der Waals surface area contributed by atoms with Gasteiger partial charge in [-0.25, -0.2) is 0 Å². The van der Waals surface area contributed by atoms with Crippen LogP contribution in [0.2, 0.25) is 0 Å². The van der Waals surface area contributed by atoms with E-state index in [2.05, 4.69) is 38.7 Å². The van der Waals surface area contributed by atoms with Crippen molar-refractivity contribution in [1.82, 2.24) is 10.6 Å². The minimum Gasteiger partial charge on any atom is -0.497 e. The first-order chi connectivity index (χ1) is 12.3. The standard InChI is InChI=1S/C20H32N4O/c1-21-20(22-12-4-6-16-10-11-16)23-17-7-5-13-24(15-17)18-8-3-9-19(14-18)25-2/h3,8-9,14,16-17H,4-7,10-13,15H2,1-2H3,(H2,21,22,23). The Morgan fingerprint density at radius 3 is 2.96 bits per heavy atom. The van der Waals surface area contributed by atoms with Crippen molar-refractivity contribution < 1.29 is 4.74 Å². The van der Waals surface area contributed by atoms with Crippen molar-refractivity contribution in [2.45, 2.75) is 44.6 Å². The monoisotopic (exact) mass is 344 g/mol. The number of anilines is 1. The molecular weight excluding hydrogens is 312 g/mol. The van der Waals surface area contributed by atoms with E-state index in [1.165, 1.54) is 44.2 Å². The minimum absolute atomic E-state index is 0.426. The summed E-state index contributed by atoms with van der Waals surface area (Å²) in [6.07, 6.45) is 7.85. The highest BCUT2D eigenvalue weighted by Crippen LogP contribution is 2.33. The zero-order valence-electron chi connectivity index (χ0n) is 15.6. The summed E-state index contributed by atoms with van der Waals surface area (Å²) >= 11 is 0. The number of aliphatic imine (C=N–C) groups is 1. The van der Waals surface area contributed by atoms with Crippen LogP contribution in [0.3, 0.4) is 0 Å². The third-order valence-electron chi connectivity index (χ3n) is 5.18. The Kier molecular flexibility index (Phi) is 6.42. The van der Waals surface area contributed by atoms with E-state index in [1.807, 2.05) is 13.1 Å². The Morgan fingerprint density at radius 1 is 1.32 bits per heavy atom. The molecule has 0 aromatic heterocycles. The predicted octanol–water partition coefficient (Wildman–Crippen LogP) is 3.02. The highest BCUT2D eigenvalue weighted by atomic mass is 16.5. The first-order valence-corrected chi connectivity index (χ1v) is 9.64. The molecule has 1 heterocycles. The molecule has 1 aliphatic carbocycles. The Morgan fingerprint density at radius 2 is 2.20 bits per heavy atom. The molecule has 1 aliphatic heterocycles. The highest BCUT2D eigenvalue weighted by molar-refractivity contribution is 5.80. The predicted molar refractivity (Wildman–Crippen MR) is 105 cm³/mol. The van der Waals surface area contributed by atoms with Crippen molar-refractivity contribution in [2.75, 3.05) is 38.7 Å². The van der Waals surface area contributed by atoms with Gasteiger partial charge in [0.05, 0.1) is 7.11 Å². The molecule has 0 radical (unpaired) electrons. The zero-order valence-corrected chi connectivity index (χ0v) is 15.6. The van der Waals surface area contributed by atoms with E-state index in [4.69, 9.17) is 4.74 Å². The number of benzene rings is 1. The number of guanidine groups is 1. The minimum atomic E-state index is 0.426. The van der Waals surface area contributed by atoms with Crippen molar-refractivity contribution >= 4 is 11.6 Å². The summed E-state index contributed by atoms with van der Waals surface area (Å²) in [5.74, 6) is 2.86. The summed E-state index contributed by atoms with van der Waals surface area (Å²) in [4.78, 5) is 6.83. The first-order valence-electron chi connectivity index (χ1n) is 9.64. The molecule has 138 valence electrons. The molecule has 0 bridgehead atoms. The van der Waals surface area contributed by atoms with E-state index in [9.17, 15) is 0 Å². The van der Waals surface area contributed by atoms with Gasteiger partial charge in [0, 0.05) is 44.5 Å². The van der Waals surface area contributed by atoms with Gasteiger partial charge in [0.1, 0.15) is 5.75 Å². The number of rotatable bonds is 7. The van der Waals surface area contributed by atoms with Crippen molar-refractivity contribution in [1.29, 1.82) is 0 Å². The van der Waals surface area contributed by atoms with Crippen molar-refractivity contribution in [3.05, 3.63) is 24.3 Å². The number of ether oxygens (including phenoxy) is 1. The third-order valence-corrected chi connectivity index (χ3v) is 5.18. The Labute approximate surface area is 151 Å². The Bertz CT molecular complexity index is 571. The molecule has 1 saturated carbocycles. The van der Waals surface area contributed by atoms with Gasteiger partial charge in [-0.2, -0.15) is 0 Å². The molecule has 2 N–H and O–H groups in total. The molecule has 1 aromatic rings. The molecular formula is C20H32N4O. The summed E-state index contributed by atoms with van der Waals surface area (Å²) in [7, 11) is 3.58. The van der Waals surface area contributed by atoms with Crippen LogP contribution in [-0.4, -0.2) is 45.8 Å². The number of hydrogen-bond donors (Lipinski definition) is 2. The average Bonchev–Trinajstić information content (AvgIpc) is 3.49. The molecule has 0 amide bonds. The van der Waals surface area contributed by atoms with Gasteiger partial charge in [-0.05, 0) is 43.7 Å². The maximum atomic E-state index is 5.36. The highest BCUT2D eigenvalue weighted by Gasteiger charge is 2.22. The molecule has 3 rings (SSSR count). The summed E-state index contributed by atoms with van der Waals surface area (Å²) in [6, 6.07) is 8.76. The maximum Gasteiger partial charge on any atom is 0.191 e. The topological polar surface area (TPSA) is 48.9 Å². The number of methoxy groups -OCH3 is 1. The van der Waals surface area contributed by atoms with E-state index >= 15 is 0 Å². The molecule has 2 fully saturated rings. The maximum absolute atomic E-state index is 5.36. The molecule has 2 aliphatic rings. The molecule has 5 heteroatoms. The summed E-state index contributed by atoms with van der Waals surface area (Å²) in [5.41, 5.74) is 1.23. The molecule has 1 aromatic carbocycles. The second-order valence-electron chi connectivity index (χ2n) is 7.22. The lowest BCUT2D eigenvalue weighted by Crippen LogP contribution is -2.51. The van der Waals surface area contributed by atoms with Gasteiger partial charge < -0.3 is 20.3 Å². The first kappa shape index (κ1) is 17.9. The fraction of sp³-hybridized carbons (Fsp3) is 0.650. The smallest absolute Gasteiger partial charge is 0.191 e. The number of piperidine rings is 1. The van der Waals surface area contributed by atoms with Crippen LogP contribution < -0.4 is 20.3 Å². The van der Waals surface area contributed by atoms with Gasteiger partial charge in [0.25, 0.3) is 0 Å². The molecule has 1 atom stereocenters.